The van der Waals surface area contributed by atoms with E-state index in [9.17, 15) is 9.59 Å². The molecule has 1 N–H and O–H groups in total. The second kappa shape index (κ2) is 6.67. The first-order valence-electron chi connectivity index (χ1n) is 11.2. The molecule has 4 aliphatic rings. The van der Waals surface area contributed by atoms with Crippen LogP contribution < -0.4 is 10.2 Å². The highest BCUT2D eigenvalue weighted by atomic mass is 16.2. The van der Waals surface area contributed by atoms with E-state index in [2.05, 4.69) is 46.5 Å². The highest BCUT2D eigenvalue weighted by Gasteiger charge is 2.51. The van der Waals surface area contributed by atoms with E-state index in [1.54, 1.807) is 12.3 Å². The first-order valence-corrected chi connectivity index (χ1v) is 11.2. The van der Waals surface area contributed by atoms with Crippen LogP contribution in [0.4, 0.5) is 11.5 Å². The van der Waals surface area contributed by atoms with Crippen LogP contribution in [-0.2, 0) is 15.0 Å². The molecule has 1 aromatic heterocycles. The first kappa shape index (κ1) is 18.6. The minimum atomic E-state index is -0.389. The third-order valence-electron chi connectivity index (χ3n) is 7.82. The Balaban J connectivity index is 1.19. The molecule has 31 heavy (non-hydrogen) atoms. The number of nitrogens with zero attached hydrogens (tertiary/aromatic N) is 3. The molecule has 2 fully saturated rings. The predicted octanol–water partition coefficient (Wildman–Crippen LogP) is 3.30. The molecule has 2 amide bonds. The van der Waals surface area contributed by atoms with Crippen LogP contribution in [0.1, 0.15) is 48.3 Å². The Morgan fingerprint density at radius 2 is 2.13 bits per heavy atom. The molecule has 6 rings (SSSR count). The minimum Gasteiger partial charge on any atom is -0.371 e. The topological polar surface area (TPSA) is 65.5 Å². The van der Waals surface area contributed by atoms with Crippen molar-refractivity contribution in [2.75, 3.05) is 30.4 Å². The number of rotatable bonds is 2. The van der Waals surface area contributed by atoms with Crippen molar-refractivity contribution >= 4 is 29.4 Å². The summed E-state index contributed by atoms with van der Waals surface area (Å²) in [6.07, 6.45) is 9.04. The fraction of sp³-hybridized carbons (Fsp3) is 0.400. The number of piperidine rings is 1. The molecule has 3 aliphatic heterocycles. The maximum absolute atomic E-state index is 13.0. The third-order valence-corrected chi connectivity index (χ3v) is 7.82. The fourth-order valence-corrected chi connectivity index (χ4v) is 5.90. The van der Waals surface area contributed by atoms with E-state index in [-0.39, 0.29) is 17.2 Å². The lowest BCUT2D eigenvalue weighted by molar-refractivity contribution is -0.127. The van der Waals surface area contributed by atoms with Gasteiger partial charge in [0.2, 0.25) is 11.8 Å². The molecule has 0 radical (unpaired) electrons. The Kier molecular flexibility index (Phi) is 4.01. The molecule has 2 atom stereocenters. The number of pyridine rings is 1. The number of amides is 2. The van der Waals surface area contributed by atoms with Crippen LogP contribution in [0.15, 0.2) is 42.6 Å². The van der Waals surface area contributed by atoms with Crippen LogP contribution in [-0.4, -0.2) is 47.9 Å². The Hall–Kier alpha value is -3.15. The zero-order valence-corrected chi connectivity index (χ0v) is 17.7. The van der Waals surface area contributed by atoms with Gasteiger partial charge in [-0.3, -0.25) is 9.59 Å². The van der Waals surface area contributed by atoms with Crippen LogP contribution in [0.2, 0.25) is 0 Å². The van der Waals surface area contributed by atoms with E-state index in [1.165, 1.54) is 11.3 Å². The molecule has 2 aromatic rings. The van der Waals surface area contributed by atoms with E-state index in [4.69, 9.17) is 0 Å². The standard InChI is InChI=1S/C25H26N4O2/c1-28-20-6-3-2-5-17(20)18-15-29(12-9-21(18)28)22(30)8-7-16-13-19-23(26-14-16)27-24(31)25(19)10-4-11-25/h2-3,5-8,13-14,18,21H,4,9-12,15H2,1H3,(H,26,27,31). The van der Waals surface area contributed by atoms with Gasteiger partial charge >= 0.3 is 0 Å². The number of para-hydroxylation sites is 1. The molecule has 2 unspecified atom stereocenters. The Labute approximate surface area is 181 Å². The number of benzene rings is 1. The van der Waals surface area contributed by atoms with Crippen molar-refractivity contribution in [2.24, 2.45) is 0 Å². The predicted molar refractivity (Wildman–Crippen MR) is 120 cm³/mol. The number of likely N-dealkylation sites (tertiary alicyclic amines) is 1. The molecule has 1 saturated carbocycles. The van der Waals surface area contributed by atoms with Gasteiger partial charge in [0.05, 0.1) is 5.41 Å². The normalized spacial score (nSPS) is 25.3. The molecule has 1 spiro atoms. The fourth-order valence-electron chi connectivity index (χ4n) is 5.90. The van der Waals surface area contributed by atoms with Gasteiger partial charge in [0.25, 0.3) is 0 Å². The summed E-state index contributed by atoms with van der Waals surface area (Å²) in [5, 5.41) is 2.91. The molecular formula is C25H26N4O2. The van der Waals surface area contributed by atoms with Gasteiger partial charge in [-0.15, -0.1) is 0 Å². The van der Waals surface area contributed by atoms with Gasteiger partial charge in [-0.1, -0.05) is 24.6 Å². The molecule has 6 heteroatoms. The van der Waals surface area contributed by atoms with Crippen molar-refractivity contribution in [3.63, 3.8) is 0 Å². The Bertz CT molecular complexity index is 1120. The van der Waals surface area contributed by atoms with E-state index in [0.717, 1.165) is 49.9 Å². The molecular weight excluding hydrogens is 388 g/mol. The van der Waals surface area contributed by atoms with Gasteiger partial charge in [0.15, 0.2) is 0 Å². The Morgan fingerprint density at radius 1 is 1.29 bits per heavy atom. The highest BCUT2D eigenvalue weighted by molar-refractivity contribution is 6.06. The van der Waals surface area contributed by atoms with Crippen LogP contribution >= 0.6 is 0 Å². The zero-order chi connectivity index (χ0) is 21.2. The maximum Gasteiger partial charge on any atom is 0.246 e. The van der Waals surface area contributed by atoms with Crippen molar-refractivity contribution < 1.29 is 9.59 Å². The number of nitrogens with one attached hydrogen (secondary N) is 1. The van der Waals surface area contributed by atoms with Gasteiger partial charge in [0, 0.05) is 55.6 Å². The number of carbonyl (C=O) groups is 2. The van der Waals surface area contributed by atoms with Crippen LogP contribution in [0.3, 0.4) is 0 Å². The van der Waals surface area contributed by atoms with Gasteiger partial charge in [0.1, 0.15) is 5.82 Å². The average Bonchev–Trinajstić information content (AvgIpc) is 3.22. The quantitative estimate of drug-likeness (QED) is 0.766. The SMILES string of the molecule is CN1c2ccccc2C2CN(C(=O)C=Cc3cnc4c(c3)C3(CCC3)C(=O)N4)CCC21. The summed E-state index contributed by atoms with van der Waals surface area (Å²) in [7, 11) is 2.16. The summed E-state index contributed by atoms with van der Waals surface area (Å²) in [5.74, 6) is 1.16. The number of hydrogen-bond donors (Lipinski definition) is 1. The van der Waals surface area contributed by atoms with Gasteiger partial charge in [-0.2, -0.15) is 0 Å². The van der Waals surface area contributed by atoms with Gasteiger partial charge < -0.3 is 15.1 Å². The first-order chi connectivity index (χ1) is 15.1. The molecule has 4 heterocycles. The lowest BCUT2D eigenvalue weighted by Crippen LogP contribution is -2.46. The molecule has 0 bridgehead atoms. The number of hydrogen-bond acceptors (Lipinski definition) is 4. The largest absolute Gasteiger partial charge is 0.371 e. The number of anilines is 2. The van der Waals surface area contributed by atoms with Gasteiger partial charge in [-0.05, 0) is 48.6 Å². The van der Waals surface area contributed by atoms with E-state index in [0.29, 0.717) is 17.8 Å². The minimum absolute atomic E-state index is 0.0403. The molecule has 6 nitrogen and oxygen atoms in total. The lowest BCUT2D eigenvalue weighted by atomic mass is 9.65. The van der Waals surface area contributed by atoms with E-state index in [1.807, 2.05) is 17.0 Å². The Morgan fingerprint density at radius 3 is 2.94 bits per heavy atom. The van der Waals surface area contributed by atoms with E-state index < -0.39 is 0 Å². The maximum atomic E-state index is 13.0. The highest BCUT2D eigenvalue weighted by Crippen LogP contribution is 2.50. The number of carbonyl (C=O) groups excluding carboxylic acids is 2. The second-order valence-electron chi connectivity index (χ2n) is 9.30. The van der Waals surface area contributed by atoms with Crippen molar-refractivity contribution in [1.29, 1.82) is 0 Å². The summed E-state index contributed by atoms with van der Waals surface area (Å²) in [5.41, 5.74) is 4.11. The summed E-state index contributed by atoms with van der Waals surface area (Å²) in [6.45, 7) is 1.52. The summed E-state index contributed by atoms with van der Waals surface area (Å²) < 4.78 is 0. The number of aromatic nitrogens is 1. The van der Waals surface area contributed by atoms with Crippen LogP contribution in [0.5, 0.6) is 0 Å². The van der Waals surface area contributed by atoms with Crippen molar-refractivity contribution in [3.05, 3.63) is 59.3 Å². The van der Waals surface area contributed by atoms with Crippen LogP contribution in [0, 0.1) is 0 Å². The van der Waals surface area contributed by atoms with Gasteiger partial charge in [-0.25, -0.2) is 4.98 Å². The lowest BCUT2D eigenvalue weighted by Gasteiger charge is -2.37. The average molecular weight is 415 g/mol. The third kappa shape index (κ3) is 2.67. The van der Waals surface area contributed by atoms with E-state index >= 15 is 0 Å². The number of fused-ring (bicyclic) bond motifs is 5. The summed E-state index contributed by atoms with van der Waals surface area (Å²) in [4.78, 5) is 34.1. The monoisotopic (exact) mass is 414 g/mol. The smallest absolute Gasteiger partial charge is 0.246 e. The second-order valence-corrected chi connectivity index (χ2v) is 9.30. The summed E-state index contributed by atoms with van der Waals surface area (Å²) >= 11 is 0. The van der Waals surface area contributed by atoms with Crippen molar-refractivity contribution in [2.45, 2.75) is 43.1 Å². The number of likely N-dealkylation sites (N-methyl/N-ethyl adjacent to an activating group) is 1. The summed E-state index contributed by atoms with van der Waals surface area (Å²) in [6, 6.07) is 11.0. The molecule has 1 aromatic carbocycles. The van der Waals surface area contributed by atoms with Crippen LogP contribution in [0.25, 0.3) is 6.08 Å². The van der Waals surface area contributed by atoms with Crippen molar-refractivity contribution in [1.82, 2.24) is 9.88 Å². The molecule has 1 aliphatic carbocycles. The van der Waals surface area contributed by atoms with Crippen molar-refractivity contribution in [3.8, 4) is 0 Å². The molecule has 1 saturated heterocycles. The molecule has 158 valence electrons. The zero-order valence-electron chi connectivity index (χ0n) is 17.7.